The van der Waals surface area contributed by atoms with Gasteiger partial charge in [-0.15, -0.1) is 0 Å². The number of ether oxygens (including phenoxy) is 1. The molecule has 1 aromatic heterocycles. The summed E-state index contributed by atoms with van der Waals surface area (Å²) in [5.74, 6) is -1.42. The molecule has 2 amide bonds. The summed E-state index contributed by atoms with van der Waals surface area (Å²) in [7, 11) is 0. The van der Waals surface area contributed by atoms with Gasteiger partial charge in [-0.3, -0.25) is 9.69 Å². The van der Waals surface area contributed by atoms with Crippen LogP contribution in [0.5, 0.6) is 0 Å². The van der Waals surface area contributed by atoms with Crippen LogP contribution in [-0.4, -0.2) is 68.8 Å². The number of hydrogen-bond acceptors (Lipinski definition) is 5. The van der Waals surface area contributed by atoms with Gasteiger partial charge in [-0.2, -0.15) is 0 Å². The van der Waals surface area contributed by atoms with Gasteiger partial charge in [-0.1, -0.05) is 23.2 Å². The molecule has 2 aliphatic heterocycles. The molecule has 154 valence electrons. The van der Waals surface area contributed by atoms with Crippen LogP contribution < -0.4 is 0 Å². The molecule has 0 aromatic carbocycles. The second-order valence-electron chi connectivity index (χ2n) is 7.99. The summed E-state index contributed by atoms with van der Waals surface area (Å²) in [6, 6.07) is -0.369. The molecule has 1 N–H and O–H groups in total. The fourth-order valence-corrected chi connectivity index (χ4v) is 4.24. The van der Waals surface area contributed by atoms with Crippen molar-refractivity contribution in [3.8, 4) is 0 Å². The zero-order valence-corrected chi connectivity index (χ0v) is 17.3. The summed E-state index contributed by atoms with van der Waals surface area (Å²) in [6.07, 6.45) is 0.827. The molecule has 0 saturated carbocycles. The smallest absolute Gasteiger partial charge is 0.410 e. The van der Waals surface area contributed by atoms with Gasteiger partial charge in [-0.05, 0) is 39.7 Å². The first-order valence-corrected chi connectivity index (χ1v) is 9.73. The average molecular weight is 434 g/mol. The van der Waals surface area contributed by atoms with Crippen molar-refractivity contribution in [1.29, 1.82) is 0 Å². The molecule has 3 rings (SSSR count). The van der Waals surface area contributed by atoms with Crippen LogP contribution in [0, 0.1) is 5.82 Å². The van der Waals surface area contributed by atoms with E-state index in [1.165, 1.54) is 4.90 Å². The van der Waals surface area contributed by atoms with E-state index in [0.29, 0.717) is 12.8 Å². The normalized spacial score (nSPS) is 24.5. The largest absolute Gasteiger partial charge is 0.444 e. The third-order valence-electron chi connectivity index (χ3n) is 4.97. The van der Waals surface area contributed by atoms with Crippen LogP contribution in [0.2, 0.25) is 10.3 Å². The van der Waals surface area contributed by atoms with Crippen LogP contribution in [0.3, 0.4) is 0 Å². The van der Waals surface area contributed by atoms with Gasteiger partial charge in [0.15, 0.2) is 11.0 Å². The lowest BCUT2D eigenvalue weighted by Gasteiger charge is -2.46. The number of hydrogen-bond donors (Lipinski definition) is 1. The number of nitrogens with zero attached hydrogens (tertiary/aromatic N) is 3. The van der Waals surface area contributed by atoms with E-state index >= 15 is 0 Å². The van der Waals surface area contributed by atoms with Gasteiger partial charge in [0.05, 0.1) is 30.3 Å². The standard InChI is InChI=1S/C18H22Cl2FN3O4/c1-18(2,3)28-17(27)24-9-4-5-12(24)13(8-25)23(7-9)16(26)10-6-11(21)15(20)22-14(10)19/h6,9,12-13,25H,4-5,7-8H2,1-3H3/t9-,12+,13-/m1/s1. The van der Waals surface area contributed by atoms with Crippen LogP contribution in [-0.2, 0) is 4.74 Å². The van der Waals surface area contributed by atoms with Crippen molar-refractivity contribution in [3.05, 3.63) is 27.8 Å². The lowest BCUT2D eigenvalue weighted by atomic mass is 10.0. The van der Waals surface area contributed by atoms with Gasteiger partial charge >= 0.3 is 6.09 Å². The zero-order valence-electron chi connectivity index (χ0n) is 15.8. The molecule has 10 heteroatoms. The molecule has 3 atom stereocenters. The molecule has 0 unspecified atom stereocenters. The van der Waals surface area contributed by atoms with Crippen molar-refractivity contribution in [1.82, 2.24) is 14.8 Å². The molecule has 7 nitrogen and oxygen atoms in total. The molecule has 2 saturated heterocycles. The number of likely N-dealkylation sites (tertiary alicyclic amines) is 1. The number of fused-ring (bicyclic) bond motifs is 2. The Bertz CT molecular complexity index is 802. The molecular formula is C18H22Cl2FN3O4. The highest BCUT2D eigenvalue weighted by Gasteiger charge is 2.51. The number of aliphatic hydroxyl groups excluding tert-OH is 1. The molecule has 2 bridgehead atoms. The summed E-state index contributed by atoms with van der Waals surface area (Å²) in [5.41, 5.74) is -0.787. The van der Waals surface area contributed by atoms with Crippen LogP contribution >= 0.6 is 23.2 Å². The van der Waals surface area contributed by atoms with Crippen LogP contribution in [0.15, 0.2) is 6.07 Å². The minimum Gasteiger partial charge on any atom is -0.444 e. The number of aliphatic hydroxyl groups is 1. The Morgan fingerprint density at radius 3 is 2.61 bits per heavy atom. The lowest BCUT2D eigenvalue weighted by Crippen LogP contribution is -2.64. The molecule has 0 aliphatic carbocycles. The summed E-state index contributed by atoms with van der Waals surface area (Å²) >= 11 is 11.6. The molecule has 28 heavy (non-hydrogen) atoms. The Hall–Kier alpha value is -1.64. The number of carbonyl (C=O) groups excluding carboxylic acids is 2. The van der Waals surface area contributed by atoms with Gasteiger partial charge in [0, 0.05) is 6.54 Å². The van der Waals surface area contributed by atoms with E-state index in [2.05, 4.69) is 4.98 Å². The molecule has 3 heterocycles. The Kier molecular flexibility index (Phi) is 5.76. The number of piperazine rings is 1. The van der Waals surface area contributed by atoms with Crippen molar-refractivity contribution in [3.63, 3.8) is 0 Å². The van der Waals surface area contributed by atoms with Crippen molar-refractivity contribution < 1.29 is 23.8 Å². The second kappa shape index (κ2) is 7.65. The molecule has 1 aromatic rings. The van der Waals surface area contributed by atoms with E-state index in [1.54, 1.807) is 25.7 Å². The van der Waals surface area contributed by atoms with Gasteiger partial charge < -0.3 is 14.7 Å². The number of carbonyl (C=O) groups is 2. The Balaban J connectivity index is 1.87. The van der Waals surface area contributed by atoms with Gasteiger partial charge in [-0.25, -0.2) is 14.2 Å². The van der Waals surface area contributed by atoms with Crippen molar-refractivity contribution in [2.24, 2.45) is 0 Å². The Morgan fingerprint density at radius 1 is 1.32 bits per heavy atom. The summed E-state index contributed by atoms with van der Waals surface area (Å²) in [6.45, 7) is 5.16. The fourth-order valence-electron chi connectivity index (χ4n) is 3.84. The Labute approximate surface area is 172 Å². The maximum atomic E-state index is 13.8. The molecule has 0 radical (unpaired) electrons. The first-order valence-electron chi connectivity index (χ1n) is 8.98. The molecule has 2 aliphatic rings. The van der Waals surface area contributed by atoms with Gasteiger partial charge in [0.2, 0.25) is 0 Å². The molecule has 2 fully saturated rings. The van der Waals surface area contributed by atoms with Crippen LogP contribution in [0.4, 0.5) is 9.18 Å². The Morgan fingerprint density at radius 2 is 2.00 bits per heavy atom. The van der Waals surface area contributed by atoms with Gasteiger partial charge in [0.1, 0.15) is 10.8 Å². The van der Waals surface area contributed by atoms with Crippen LogP contribution in [0.1, 0.15) is 44.0 Å². The number of rotatable bonds is 2. The number of pyridine rings is 1. The van der Waals surface area contributed by atoms with Crippen LogP contribution in [0.25, 0.3) is 0 Å². The quantitative estimate of drug-likeness (QED) is 0.724. The van der Waals surface area contributed by atoms with E-state index in [1.807, 2.05) is 0 Å². The summed E-state index contributed by atoms with van der Waals surface area (Å²) in [4.78, 5) is 32.3. The first-order chi connectivity index (χ1) is 13.0. The SMILES string of the molecule is CC(C)(C)OC(=O)N1[C@@H]2CC[C@H]1[C@@H](CO)N(C(=O)c1cc(F)c(Cl)nc1Cl)C2. The number of halogens is 3. The van der Waals surface area contributed by atoms with E-state index in [0.717, 1.165) is 6.07 Å². The average Bonchev–Trinajstić information content (AvgIpc) is 2.91. The first kappa shape index (κ1) is 21.1. The zero-order chi connectivity index (χ0) is 20.8. The second-order valence-corrected chi connectivity index (χ2v) is 8.71. The minimum atomic E-state index is -0.856. The predicted molar refractivity (Wildman–Crippen MR) is 101 cm³/mol. The molecular weight excluding hydrogens is 412 g/mol. The topological polar surface area (TPSA) is 83.0 Å². The van der Waals surface area contributed by atoms with E-state index < -0.39 is 40.7 Å². The summed E-state index contributed by atoms with van der Waals surface area (Å²) < 4.78 is 19.3. The van der Waals surface area contributed by atoms with Gasteiger partial charge in [0.25, 0.3) is 5.91 Å². The fraction of sp³-hybridized carbons (Fsp3) is 0.611. The third kappa shape index (κ3) is 3.90. The minimum absolute atomic E-state index is 0.132. The van der Waals surface area contributed by atoms with E-state index in [9.17, 15) is 19.1 Å². The highest BCUT2D eigenvalue weighted by Crippen LogP contribution is 2.36. The van der Waals surface area contributed by atoms with E-state index in [4.69, 9.17) is 27.9 Å². The van der Waals surface area contributed by atoms with Crippen molar-refractivity contribution in [2.45, 2.75) is 57.3 Å². The van der Waals surface area contributed by atoms with E-state index in [-0.39, 0.29) is 29.9 Å². The highest BCUT2D eigenvalue weighted by molar-refractivity contribution is 6.34. The lowest BCUT2D eigenvalue weighted by molar-refractivity contribution is -0.0272. The van der Waals surface area contributed by atoms with Crippen molar-refractivity contribution in [2.75, 3.05) is 13.2 Å². The maximum Gasteiger partial charge on any atom is 0.410 e. The highest BCUT2D eigenvalue weighted by atomic mass is 35.5. The number of amides is 2. The maximum absolute atomic E-state index is 13.8. The molecule has 0 spiro atoms. The monoisotopic (exact) mass is 433 g/mol. The summed E-state index contributed by atoms with van der Waals surface area (Å²) in [5, 5.41) is 9.33. The third-order valence-corrected chi connectivity index (χ3v) is 5.52. The number of aromatic nitrogens is 1. The predicted octanol–water partition coefficient (Wildman–Crippen LogP) is 3.11. The van der Waals surface area contributed by atoms with Crippen molar-refractivity contribution >= 4 is 35.2 Å².